The molecule has 3 rings (SSSR count). The fourth-order valence-electron chi connectivity index (χ4n) is 2.57. The Balaban J connectivity index is 2.00. The Morgan fingerprint density at radius 1 is 0.870 bits per heavy atom. The first-order chi connectivity index (χ1) is 11.0. The van der Waals surface area contributed by atoms with Crippen molar-refractivity contribution in [3.8, 4) is 0 Å². The Morgan fingerprint density at radius 2 is 1.52 bits per heavy atom. The molecule has 3 aromatic rings. The molecule has 0 atom stereocenters. The molecule has 0 N–H and O–H groups in total. The normalized spacial score (nSPS) is 11.6. The first-order valence-corrected chi connectivity index (χ1v) is 9.03. The molecule has 0 aliphatic carbocycles. The zero-order valence-electron chi connectivity index (χ0n) is 13.2. The SMILES string of the molecule is CCc1ccc(S(=O)(=O)N(C)c2ccc3ccccc3c2)cc1. The molecule has 0 unspecified atom stereocenters. The zero-order chi connectivity index (χ0) is 16.4. The van der Waals surface area contributed by atoms with Crippen LogP contribution in [0, 0.1) is 0 Å². The van der Waals surface area contributed by atoms with Gasteiger partial charge < -0.3 is 0 Å². The van der Waals surface area contributed by atoms with Gasteiger partial charge in [-0.15, -0.1) is 0 Å². The smallest absolute Gasteiger partial charge is 0.264 e. The molecule has 3 nitrogen and oxygen atoms in total. The molecule has 23 heavy (non-hydrogen) atoms. The molecule has 0 aliphatic rings. The van der Waals surface area contributed by atoms with E-state index in [4.69, 9.17) is 0 Å². The van der Waals surface area contributed by atoms with E-state index in [-0.39, 0.29) is 0 Å². The van der Waals surface area contributed by atoms with Crippen LogP contribution in [0.4, 0.5) is 5.69 Å². The lowest BCUT2D eigenvalue weighted by atomic mass is 10.1. The minimum Gasteiger partial charge on any atom is -0.269 e. The molecule has 0 bridgehead atoms. The maximum Gasteiger partial charge on any atom is 0.264 e. The van der Waals surface area contributed by atoms with Gasteiger partial charge in [0.2, 0.25) is 0 Å². The van der Waals surface area contributed by atoms with Gasteiger partial charge in [0.05, 0.1) is 10.6 Å². The van der Waals surface area contributed by atoms with Crippen molar-refractivity contribution in [1.82, 2.24) is 0 Å². The van der Waals surface area contributed by atoms with Crippen LogP contribution in [0.1, 0.15) is 12.5 Å². The van der Waals surface area contributed by atoms with Gasteiger partial charge in [-0.05, 0) is 47.0 Å². The van der Waals surface area contributed by atoms with Crippen LogP contribution in [-0.4, -0.2) is 15.5 Å². The maximum atomic E-state index is 12.8. The highest BCUT2D eigenvalue weighted by atomic mass is 32.2. The van der Waals surface area contributed by atoms with Crippen LogP contribution >= 0.6 is 0 Å². The highest BCUT2D eigenvalue weighted by Crippen LogP contribution is 2.26. The van der Waals surface area contributed by atoms with Gasteiger partial charge in [0, 0.05) is 7.05 Å². The minimum atomic E-state index is -3.55. The second-order valence-corrected chi connectivity index (χ2v) is 7.47. The van der Waals surface area contributed by atoms with Gasteiger partial charge in [-0.1, -0.05) is 49.4 Å². The quantitative estimate of drug-likeness (QED) is 0.720. The summed E-state index contributed by atoms with van der Waals surface area (Å²) in [5.74, 6) is 0. The Kier molecular flexibility index (Phi) is 4.09. The van der Waals surface area contributed by atoms with E-state index in [1.165, 1.54) is 4.31 Å². The Bertz CT molecular complexity index is 931. The molecule has 0 spiro atoms. The maximum absolute atomic E-state index is 12.8. The molecule has 0 fully saturated rings. The van der Waals surface area contributed by atoms with Crippen molar-refractivity contribution in [2.24, 2.45) is 0 Å². The van der Waals surface area contributed by atoms with Crippen molar-refractivity contribution in [3.63, 3.8) is 0 Å². The molecule has 0 saturated carbocycles. The lowest BCUT2D eigenvalue weighted by Gasteiger charge is -2.20. The van der Waals surface area contributed by atoms with E-state index in [1.807, 2.05) is 61.5 Å². The first-order valence-electron chi connectivity index (χ1n) is 7.59. The third-order valence-corrected chi connectivity index (χ3v) is 5.89. The summed E-state index contributed by atoms with van der Waals surface area (Å²) in [6.45, 7) is 2.05. The summed E-state index contributed by atoms with van der Waals surface area (Å²) in [4.78, 5) is 0.311. The van der Waals surface area contributed by atoms with Crippen molar-refractivity contribution in [1.29, 1.82) is 0 Å². The van der Waals surface area contributed by atoms with Crippen LogP contribution in [0.5, 0.6) is 0 Å². The van der Waals surface area contributed by atoms with Crippen LogP contribution in [0.2, 0.25) is 0 Å². The van der Waals surface area contributed by atoms with E-state index in [9.17, 15) is 8.42 Å². The van der Waals surface area contributed by atoms with Crippen LogP contribution in [-0.2, 0) is 16.4 Å². The largest absolute Gasteiger partial charge is 0.269 e. The summed E-state index contributed by atoms with van der Waals surface area (Å²) in [5.41, 5.74) is 1.78. The number of anilines is 1. The zero-order valence-corrected chi connectivity index (χ0v) is 14.0. The number of fused-ring (bicyclic) bond motifs is 1. The average Bonchev–Trinajstić information content (AvgIpc) is 2.60. The summed E-state index contributed by atoms with van der Waals surface area (Å²) >= 11 is 0. The molecular weight excluding hydrogens is 306 g/mol. The Morgan fingerprint density at radius 3 is 2.17 bits per heavy atom. The fourth-order valence-corrected chi connectivity index (χ4v) is 3.75. The van der Waals surface area contributed by atoms with Crippen molar-refractivity contribution >= 4 is 26.5 Å². The van der Waals surface area contributed by atoms with E-state index >= 15 is 0 Å². The molecule has 0 saturated heterocycles. The molecule has 3 aromatic carbocycles. The van der Waals surface area contributed by atoms with Crippen LogP contribution < -0.4 is 4.31 Å². The van der Waals surface area contributed by atoms with Crippen LogP contribution in [0.3, 0.4) is 0 Å². The lowest BCUT2D eigenvalue weighted by molar-refractivity contribution is 0.594. The summed E-state index contributed by atoms with van der Waals surface area (Å²) in [6, 6.07) is 20.7. The van der Waals surface area contributed by atoms with Crippen molar-refractivity contribution in [2.45, 2.75) is 18.2 Å². The Labute approximate surface area is 137 Å². The lowest BCUT2D eigenvalue weighted by Crippen LogP contribution is -2.26. The number of nitrogens with zero attached hydrogens (tertiary/aromatic N) is 1. The van der Waals surface area contributed by atoms with E-state index in [2.05, 4.69) is 0 Å². The fraction of sp³-hybridized carbons (Fsp3) is 0.158. The predicted molar refractivity (Wildman–Crippen MR) is 95.4 cm³/mol. The van der Waals surface area contributed by atoms with Gasteiger partial charge in [0.15, 0.2) is 0 Å². The number of rotatable bonds is 4. The molecule has 118 valence electrons. The molecule has 0 radical (unpaired) electrons. The number of hydrogen-bond donors (Lipinski definition) is 0. The van der Waals surface area contributed by atoms with Crippen LogP contribution in [0.25, 0.3) is 10.8 Å². The standard InChI is InChI=1S/C19H19NO2S/c1-3-15-8-12-19(13-9-15)23(21,22)20(2)18-11-10-16-6-4-5-7-17(16)14-18/h4-14H,3H2,1-2H3. The minimum absolute atomic E-state index is 0.311. The second kappa shape index (κ2) is 6.05. The highest BCUT2D eigenvalue weighted by Gasteiger charge is 2.21. The number of aryl methyl sites for hydroxylation is 1. The average molecular weight is 325 g/mol. The van der Waals surface area contributed by atoms with Gasteiger partial charge in [-0.3, -0.25) is 4.31 Å². The monoisotopic (exact) mass is 325 g/mol. The highest BCUT2D eigenvalue weighted by molar-refractivity contribution is 7.92. The van der Waals surface area contributed by atoms with Crippen molar-refractivity contribution in [2.75, 3.05) is 11.4 Å². The van der Waals surface area contributed by atoms with Gasteiger partial charge in [-0.2, -0.15) is 0 Å². The molecule has 0 heterocycles. The third kappa shape index (κ3) is 2.94. The summed E-state index contributed by atoms with van der Waals surface area (Å²) in [6.07, 6.45) is 0.890. The number of benzene rings is 3. The van der Waals surface area contributed by atoms with Crippen molar-refractivity contribution < 1.29 is 8.42 Å². The molecular formula is C19H19NO2S. The molecule has 0 aromatic heterocycles. The van der Waals surface area contributed by atoms with Gasteiger partial charge in [-0.25, -0.2) is 8.42 Å². The number of hydrogen-bond acceptors (Lipinski definition) is 2. The van der Waals surface area contributed by atoms with Gasteiger partial charge >= 0.3 is 0 Å². The van der Waals surface area contributed by atoms with Crippen LogP contribution in [0.15, 0.2) is 71.6 Å². The Hall–Kier alpha value is -2.33. The third-order valence-electron chi connectivity index (χ3n) is 4.09. The second-order valence-electron chi connectivity index (χ2n) is 5.50. The summed E-state index contributed by atoms with van der Waals surface area (Å²) < 4.78 is 26.9. The molecule has 0 aliphatic heterocycles. The molecule has 0 amide bonds. The van der Waals surface area contributed by atoms with E-state index < -0.39 is 10.0 Å². The van der Waals surface area contributed by atoms with E-state index in [1.54, 1.807) is 19.2 Å². The summed E-state index contributed by atoms with van der Waals surface area (Å²) in [5, 5.41) is 2.11. The van der Waals surface area contributed by atoms with Gasteiger partial charge in [0.25, 0.3) is 10.0 Å². The predicted octanol–water partition coefficient (Wildman–Crippen LogP) is 4.23. The van der Waals surface area contributed by atoms with E-state index in [0.717, 1.165) is 22.8 Å². The summed E-state index contributed by atoms with van der Waals surface area (Å²) in [7, 11) is -1.96. The number of sulfonamides is 1. The topological polar surface area (TPSA) is 37.4 Å². The first kappa shape index (κ1) is 15.6. The van der Waals surface area contributed by atoms with Crippen molar-refractivity contribution in [3.05, 3.63) is 72.3 Å². The molecule has 4 heteroatoms. The van der Waals surface area contributed by atoms with E-state index in [0.29, 0.717) is 10.6 Å². The van der Waals surface area contributed by atoms with Gasteiger partial charge in [0.1, 0.15) is 0 Å².